The minimum atomic E-state index is 0.395. The molecule has 2 rings (SSSR count). The van der Waals surface area contributed by atoms with Gasteiger partial charge >= 0.3 is 0 Å². The molecule has 0 aromatic carbocycles. The highest BCUT2D eigenvalue weighted by Crippen LogP contribution is 2.30. The van der Waals surface area contributed by atoms with Crippen LogP contribution in [-0.4, -0.2) is 14.6 Å². The summed E-state index contributed by atoms with van der Waals surface area (Å²) in [6.45, 7) is 8.88. The van der Waals surface area contributed by atoms with E-state index in [1.54, 1.807) is 0 Å². The molecule has 17 heavy (non-hydrogen) atoms. The first kappa shape index (κ1) is 11.9. The predicted octanol–water partition coefficient (Wildman–Crippen LogP) is 2.71. The average Bonchev–Trinajstić information content (AvgIpc) is 2.60. The normalized spacial score (nSPS) is 12.2. The number of hydrogen-bond donors (Lipinski definition) is 1. The van der Waals surface area contributed by atoms with E-state index in [1.807, 2.05) is 22.7 Å². The van der Waals surface area contributed by atoms with Crippen molar-refractivity contribution in [2.24, 2.45) is 11.8 Å². The smallest absolute Gasteiger partial charge is 0.160 e. The molecule has 0 spiro atoms. The molecule has 0 radical (unpaired) electrons. The lowest BCUT2D eigenvalue weighted by Gasteiger charge is -2.23. The molecular formula is C13H20N4. The molecule has 4 heteroatoms. The van der Waals surface area contributed by atoms with Crippen LogP contribution in [0.1, 0.15) is 39.4 Å². The highest BCUT2D eigenvalue weighted by Gasteiger charge is 2.24. The summed E-state index contributed by atoms with van der Waals surface area (Å²) in [5.41, 5.74) is 7.43. The monoisotopic (exact) mass is 232 g/mol. The van der Waals surface area contributed by atoms with Gasteiger partial charge in [0, 0.05) is 17.8 Å². The number of nitrogens with zero attached hydrogens (tertiary/aromatic N) is 3. The number of nitrogens with two attached hydrogens (primary N) is 1. The van der Waals surface area contributed by atoms with Crippen molar-refractivity contribution >= 4 is 11.3 Å². The molecule has 0 amide bonds. The molecule has 2 heterocycles. The van der Waals surface area contributed by atoms with Crippen molar-refractivity contribution in [3.8, 4) is 0 Å². The Morgan fingerprint density at radius 3 is 2.29 bits per heavy atom. The summed E-state index contributed by atoms with van der Waals surface area (Å²) in [6, 6.07) is 3.76. The fraction of sp³-hybridized carbons (Fsp3) is 0.538. The summed E-state index contributed by atoms with van der Waals surface area (Å²) in [7, 11) is 0. The Kier molecular flexibility index (Phi) is 3.05. The molecule has 0 aliphatic carbocycles. The molecule has 0 atom stereocenters. The Labute approximate surface area is 102 Å². The van der Waals surface area contributed by atoms with E-state index >= 15 is 0 Å². The van der Waals surface area contributed by atoms with Crippen LogP contribution in [0.5, 0.6) is 0 Å². The summed E-state index contributed by atoms with van der Waals surface area (Å²) in [5.74, 6) is 2.47. The summed E-state index contributed by atoms with van der Waals surface area (Å²) < 4.78 is 2.01. The van der Waals surface area contributed by atoms with Crippen molar-refractivity contribution in [1.29, 1.82) is 0 Å². The zero-order chi connectivity index (χ0) is 12.6. The Bertz CT molecular complexity index is 505. The molecule has 0 unspecified atom stereocenters. The van der Waals surface area contributed by atoms with Crippen molar-refractivity contribution in [3.63, 3.8) is 0 Å². The van der Waals surface area contributed by atoms with Crippen molar-refractivity contribution in [2.75, 3.05) is 5.73 Å². The van der Waals surface area contributed by atoms with Gasteiger partial charge in [0.05, 0.1) is 0 Å². The number of nitrogen functional groups attached to an aromatic ring is 1. The van der Waals surface area contributed by atoms with Gasteiger partial charge in [-0.15, -0.1) is 10.2 Å². The second-order valence-corrected chi connectivity index (χ2v) is 5.26. The van der Waals surface area contributed by atoms with Gasteiger partial charge < -0.3 is 5.73 Å². The van der Waals surface area contributed by atoms with Crippen LogP contribution < -0.4 is 5.73 Å². The van der Waals surface area contributed by atoms with E-state index in [0.717, 1.165) is 17.2 Å². The number of anilines is 1. The molecular weight excluding hydrogens is 212 g/mol. The van der Waals surface area contributed by atoms with Gasteiger partial charge in [-0.2, -0.15) is 0 Å². The Balaban J connectivity index is 2.57. The zero-order valence-electron chi connectivity index (χ0n) is 10.9. The van der Waals surface area contributed by atoms with E-state index in [1.165, 1.54) is 0 Å². The lowest BCUT2D eigenvalue weighted by atomic mass is 9.85. The minimum absolute atomic E-state index is 0.395. The van der Waals surface area contributed by atoms with E-state index in [2.05, 4.69) is 37.9 Å². The second-order valence-electron chi connectivity index (χ2n) is 5.26. The lowest BCUT2D eigenvalue weighted by molar-refractivity contribution is 0.369. The van der Waals surface area contributed by atoms with Crippen LogP contribution in [0.25, 0.3) is 5.65 Å². The Hall–Kier alpha value is -1.58. The van der Waals surface area contributed by atoms with Crippen LogP contribution in [0.3, 0.4) is 0 Å². The molecule has 4 nitrogen and oxygen atoms in total. The molecule has 0 saturated carbocycles. The van der Waals surface area contributed by atoms with Gasteiger partial charge in [-0.3, -0.25) is 4.40 Å². The topological polar surface area (TPSA) is 56.2 Å². The van der Waals surface area contributed by atoms with E-state index < -0.39 is 0 Å². The molecule has 0 aliphatic rings. The maximum Gasteiger partial charge on any atom is 0.160 e. The van der Waals surface area contributed by atoms with E-state index in [0.29, 0.717) is 17.8 Å². The van der Waals surface area contributed by atoms with E-state index in [-0.39, 0.29) is 0 Å². The molecule has 0 saturated heterocycles. The van der Waals surface area contributed by atoms with Crippen molar-refractivity contribution in [3.05, 3.63) is 24.2 Å². The van der Waals surface area contributed by atoms with Gasteiger partial charge in [0.1, 0.15) is 5.82 Å². The lowest BCUT2D eigenvalue weighted by Crippen LogP contribution is -2.16. The fourth-order valence-corrected chi connectivity index (χ4v) is 2.52. The number of pyridine rings is 1. The minimum Gasteiger partial charge on any atom is -0.398 e. The van der Waals surface area contributed by atoms with Gasteiger partial charge in [-0.25, -0.2) is 0 Å². The van der Waals surface area contributed by atoms with Crippen LogP contribution in [0.2, 0.25) is 0 Å². The number of fused-ring (bicyclic) bond motifs is 1. The van der Waals surface area contributed by atoms with E-state index in [4.69, 9.17) is 5.73 Å². The number of aromatic nitrogens is 3. The average molecular weight is 232 g/mol. The van der Waals surface area contributed by atoms with Gasteiger partial charge in [0.15, 0.2) is 5.65 Å². The van der Waals surface area contributed by atoms with Crippen LogP contribution >= 0.6 is 0 Å². The largest absolute Gasteiger partial charge is 0.398 e. The summed E-state index contributed by atoms with van der Waals surface area (Å²) in [5, 5.41) is 8.54. The van der Waals surface area contributed by atoms with E-state index in [9.17, 15) is 0 Å². The summed E-state index contributed by atoms with van der Waals surface area (Å²) >= 11 is 0. The molecule has 2 N–H and O–H groups in total. The highest BCUT2D eigenvalue weighted by molar-refractivity contribution is 5.47. The second kappa shape index (κ2) is 4.35. The maximum atomic E-state index is 5.83. The molecule has 92 valence electrons. The van der Waals surface area contributed by atoms with Crippen LogP contribution in [0.4, 0.5) is 5.69 Å². The van der Waals surface area contributed by atoms with Crippen LogP contribution in [0, 0.1) is 11.8 Å². The fourth-order valence-electron chi connectivity index (χ4n) is 2.52. The van der Waals surface area contributed by atoms with Gasteiger partial charge in [-0.1, -0.05) is 27.7 Å². The first-order valence-corrected chi connectivity index (χ1v) is 6.11. The third-order valence-electron chi connectivity index (χ3n) is 3.19. The predicted molar refractivity (Wildman–Crippen MR) is 69.8 cm³/mol. The Morgan fingerprint density at radius 2 is 1.71 bits per heavy atom. The van der Waals surface area contributed by atoms with Gasteiger partial charge in [0.25, 0.3) is 0 Å². The molecule has 0 fully saturated rings. The SMILES string of the molecule is CC(C)C(c1nnc2ccc(N)cn12)C(C)C. The quantitative estimate of drug-likeness (QED) is 0.885. The van der Waals surface area contributed by atoms with Crippen LogP contribution in [-0.2, 0) is 0 Å². The third-order valence-corrected chi connectivity index (χ3v) is 3.19. The summed E-state index contributed by atoms with van der Waals surface area (Å²) in [4.78, 5) is 0. The molecule has 0 bridgehead atoms. The number of rotatable bonds is 3. The first-order chi connectivity index (χ1) is 8.00. The van der Waals surface area contributed by atoms with Crippen molar-refractivity contribution in [1.82, 2.24) is 14.6 Å². The van der Waals surface area contributed by atoms with Gasteiger partial charge in [0.2, 0.25) is 0 Å². The third kappa shape index (κ3) is 2.12. The maximum absolute atomic E-state index is 5.83. The molecule has 0 aliphatic heterocycles. The highest BCUT2D eigenvalue weighted by atomic mass is 15.2. The zero-order valence-corrected chi connectivity index (χ0v) is 10.9. The van der Waals surface area contributed by atoms with Crippen LogP contribution in [0.15, 0.2) is 18.3 Å². The van der Waals surface area contributed by atoms with Crippen molar-refractivity contribution in [2.45, 2.75) is 33.6 Å². The number of hydrogen-bond acceptors (Lipinski definition) is 3. The summed E-state index contributed by atoms with van der Waals surface area (Å²) in [6.07, 6.45) is 1.91. The van der Waals surface area contributed by atoms with Gasteiger partial charge in [-0.05, 0) is 24.0 Å². The molecule has 2 aromatic heterocycles. The molecule has 2 aromatic rings. The Morgan fingerprint density at radius 1 is 1.06 bits per heavy atom. The standard InChI is InChI=1S/C13H20N4/c1-8(2)12(9(3)4)13-16-15-11-6-5-10(14)7-17(11)13/h5-9,12H,14H2,1-4H3. The first-order valence-electron chi connectivity index (χ1n) is 6.11. The van der Waals surface area contributed by atoms with Crippen molar-refractivity contribution < 1.29 is 0 Å².